The quantitative estimate of drug-likeness (QED) is 0.743. The topological polar surface area (TPSA) is 30.8 Å². The van der Waals surface area contributed by atoms with E-state index in [0.717, 1.165) is 23.4 Å². The van der Waals surface area contributed by atoms with Crippen molar-refractivity contribution in [2.24, 2.45) is 5.16 Å². The molecule has 1 aromatic rings. The van der Waals surface area contributed by atoms with E-state index < -0.39 is 0 Å². The van der Waals surface area contributed by atoms with Crippen molar-refractivity contribution in [3.8, 4) is 5.75 Å². The monoisotopic (exact) mass is 205 g/mol. The SMILES string of the molecule is COc1ccc(C2=NOC(C)(C)C2)cc1. The minimum atomic E-state index is -0.171. The summed E-state index contributed by atoms with van der Waals surface area (Å²) in [4.78, 5) is 5.32. The molecule has 0 spiro atoms. The fourth-order valence-corrected chi connectivity index (χ4v) is 1.58. The summed E-state index contributed by atoms with van der Waals surface area (Å²) in [7, 11) is 1.66. The number of hydrogen-bond acceptors (Lipinski definition) is 3. The first-order valence-electron chi connectivity index (χ1n) is 5.00. The average Bonchev–Trinajstić information content (AvgIpc) is 2.59. The highest BCUT2D eigenvalue weighted by Gasteiger charge is 2.29. The normalized spacial score (nSPS) is 18.2. The first kappa shape index (κ1) is 10.0. The first-order chi connectivity index (χ1) is 7.11. The zero-order chi connectivity index (χ0) is 10.9. The molecular weight excluding hydrogens is 190 g/mol. The lowest BCUT2D eigenvalue weighted by molar-refractivity contribution is 0.0123. The maximum atomic E-state index is 5.32. The lowest BCUT2D eigenvalue weighted by atomic mass is 9.98. The van der Waals surface area contributed by atoms with Crippen LogP contribution in [0.25, 0.3) is 0 Å². The Hall–Kier alpha value is -1.51. The molecule has 0 aromatic heterocycles. The van der Waals surface area contributed by atoms with E-state index >= 15 is 0 Å². The average molecular weight is 205 g/mol. The van der Waals surface area contributed by atoms with Crippen LogP contribution in [0.3, 0.4) is 0 Å². The minimum absolute atomic E-state index is 0.171. The molecule has 0 N–H and O–H groups in total. The Bertz CT molecular complexity index is 379. The van der Waals surface area contributed by atoms with Gasteiger partial charge < -0.3 is 9.57 Å². The van der Waals surface area contributed by atoms with E-state index in [4.69, 9.17) is 9.57 Å². The van der Waals surface area contributed by atoms with Gasteiger partial charge in [-0.3, -0.25) is 0 Å². The first-order valence-corrected chi connectivity index (χ1v) is 5.00. The van der Waals surface area contributed by atoms with E-state index in [1.807, 2.05) is 38.1 Å². The minimum Gasteiger partial charge on any atom is -0.497 e. The molecular formula is C12H15NO2. The van der Waals surface area contributed by atoms with Crippen LogP contribution in [-0.4, -0.2) is 18.4 Å². The summed E-state index contributed by atoms with van der Waals surface area (Å²) < 4.78 is 5.10. The predicted octanol–water partition coefficient (Wildman–Crippen LogP) is 2.60. The van der Waals surface area contributed by atoms with Gasteiger partial charge in [-0.1, -0.05) is 5.16 Å². The van der Waals surface area contributed by atoms with Crippen LogP contribution in [0.2, 0.25) is 0 Å². The van der Waals surface area contributed by atoms with Gasteiger partial charge in [-0.15, -0.1) is 0 Å². The van der Waals surface area contributed by atoms with E-state index in [1.165, 1.54) is 0 Å². The van der Waals surface area contributed by atoms with Gasteiger partial charge in [-0.05, 0) is 43.7 Å². The fourth-order valence-electron chi connectivity index (χ4n) is 1.58. The number of rotatable bonds is 2. The van der Waals surface area contributed by atoms with E-state index in [-0.39, 0.29) is 5.60 Å². The third-order valence-electron chi connectivity index (χ3n) is 2.42. The number of methoxy groups -OCH3 is 1. The van der Waals surface area contributed by atoms with Crippen LogP contribution < -0.4 is 4.74 Å². The molecule has 3 heteroatoms. The molecule has 0 aliphatic carbocycles. The highest BCUT2D eigenvalue weighted by atomic mass is 16.7. The maximum Gasteiger partial charge on any atom is 0.137 e. The third-order valence-corrected chi connectivity index (χ3v) is 2.42. The Morgan fingerprint density at radius 3 is 2.40 bits per heavy atom. The van der Waals surface area contributed by atoms with E-state index in [2.05, 4.69) is 5.16 Å². The highest BCUT2D eigenvalue weighted by Crippen LogP contribution is 2.26. The Kier molecular flexibility index (Phi) is 2.39. The van der Waals surface area contributed by atoms with Crippen molar-refractivity contribution < 1.29 is 9.57 Å². The van der Waals surface area contributed by atoms with E-state index in [9.17, 15) is 0 Å². The van der Waals surface area contributed by atoms with Crippen molar-refractivity contribution in [2.75, 3.05) is 7.11 Å². The van der Waals surface area contributed by atoms with Gasteiger partial charge in [0.2, 0.25) is 0 Å². The summed E-state index contributed by atoms with van der Waals surface area (Å²) in [5.74, 6) is 0.859. The second-order valence-electron chi connectivity index (χ2n) is 4.29. The largest absolute Gasteiger partial charge is 0.497 e. The number of hydrogen-bond donors (Lipinski definition) is 0. The van der Waals surface area contributed by atoms with Crippen molar-refractivity contribution in [1.29, 1.82) is 0 Å². The van der Waals surface area contributed by atoms with Gasteiger partial charge in [0, 0.05) is 6.42 Å². The number of benzene rings is 1. The van der Waals surface area contributed by atoms with Crippen molar-refractivity contribution in [1.82, 2.24) is 0 Å². The summed E-state index contributed by atoms with van der Waals surface area (Å²) in [6.07, 6.45) is 0.847. The third kappa shape index (κ3) is 2.12. The zero-order valence-electron chi connectivity index (χ0n) is 9.28. The van der Waals surface area contributed by atoms with Crippen LogP contribution in [0.4, 0.5) is 0 Å². The second kappa shape index (κ2) is 3.57. The number of oxime groups is 1. The van der Waals surface area contributed by atoms with Gasteiger partial charge in [-0.25, -0.2) is 0 Å². The number of nitrogens with zero attached hydrogens (tertiary/aromatic N) is 1. The Morgan fingerprint density at radius 1 is 1.27 bits per heavy atom. The van der Waals surface area contributed by atoms with Crippen LogP contribution in [0.1, 0.15) is 25.8 Å². The van der Waals surface area contributed by atoms with Crippen molar-refractivity contribution >= 4 is 5.71 Å². The molecule has 0 amide bonds. The van der Waals surface area contributed by atoms with Gasteiger partial charge in [0.15, 0.2) is 0 Å². The van der Waals surface area contributed by atoms with Crippen LogP contribution >= 0.6 is 0 Å². The van der Waals surface area contributed by atoms with Crippen LogP contribution in [0.5, 0.6) is 5.75 Å². The molecule has 0 atom stereocenters. The van der Waals surface area contributed by atoms with Gasteiger partial charge >= 0.3 is 0 Å². The maximum absolute atomic E-state index is 5.32. The van der Waals surface area contributed by atoms with Gasteiger partial charge in [0.05, 0.1) is 12.8 Å². The zero-order valence-corrected chi connectivity index (χ0v) is 9.28. The van der Waals surface area contributed by atoms with Crippen molar-refractivity contribution in [3.63, 3.8) is 0 Å². The molecule has 0 fully saturated rings. The van der Waals surface area contributed by atoms with Gasteiger partial charge in [0.25, 0.3) is 0 Å². The standard InChI is InChI=1S/C12H15NO2/c1-12(2)8-11(13-15-12)9-4-6-10(14-3)7-5-9/h4-7H,8H2,1-3H3. The summed E-state index contributed by atoms with van der Waals surface area (Å²) in [6.45, 7) is 4.07. The highest BCUT2D eigenvalue weighted by molar-refractivity contribution is 6.01. The summed E-state index contributed by atoms with van der Waals surface area (Å²) in [6, 6.07) is 7.87. The van der Waals surface area contributed by atoms with Crippen LogP contribution in [0, 0.1) is 0 Å². The second-order valence-corrected chi connectivity index (χ2v) is 4.29. The summed E-state index contributed by atoms with van der Waals surface area (Å²) >= 11 is 0. The fraction of sp³-hybridized carbons (Fsp3) is 0.417. The molecule has 0 radical (unpaired) electrons. The van der Waals surface area contributed by atoms with Gasteiger partial charge in [-0.2, -0.15) is 0 Å². The Balaban J connectivity index is 2.18. The summed E-state index contributed by atoms with van der Waals surface area (Å²) in [5.41, 5.74) is 1.93. The lowest BCUT2D eigenvalue weighted by Gasteiger charge is -2.13. The molecule has 1 aliphatic rings. The molecule has 80 valence electrons. The molecule has 1 aromatic carbocycles. The smallest absolute Gasteiger partial charge is 0.137 e. The molecule has 2 rings (SSSR count). The molecule has 0 bridgehead atoms. The van der Waals surface area contributed by atoms with Gasteiger partial charge in [0.1, 0.15) is 11.4 Å². The molecule has 0 saturated heterocycles. The predicted molar refractivity (Wildman–Crippen MR) is 59.3 cm³/mol. The summed E-state index contributed by atoms with van der Waals surface area (Å²) in [5, 5.41) is 4.09. The van der Waals surface area contributed by atoms with Crippen molar-refractivity contribution in [2.45, 2.75) is 25.9 Å². The lowest BCUT2D eigenvalue weighted by Crippen LogP contribution is -2.19. The molecule has 0 unspecified atom stereocenters. The molecule has 1 aliphatic heterocycles. The molecule has 1 heterocycles. The Morgan fingerprint density at radius 2 is 1.93 bits per heavy atom. The molecule has 15 heavy (non-hydrogen) atoms. The van der Waals surface area contributed by atoms with Crippen LogP contribution in [0.15, 0.2) is 29.4 Å². The molecule has 3 nitrogen and oxygen atoms in total. The van der Waals surface area contributed by atoms with E-state index in [1.54, 1.807) is 7.11 Å². The van der Waals surface area contributed by atoms with E-state index in [0.29, 0.717) is 0 Å². The van der Waals surface area contributed by atoms with Crippen molar-refractivity contribution in [3.05, 3.63) is 29.8 Å². The molecule has 0 saturated carbocycles. The number of ether oxygens (including phenoxy) is 1. The van der Waals surface area contributed by atoms with Crippen LogP contribution in [-0.2, 0) is 4.84 Å². The Labute approximate surface area is 89.7 Å².